The summed E-state index contributed by atoms with van der Waals surface area (Å²) in [6.45, 7) is 1.91. The number of rotatable bonds is 5. The number of hydrogen-bond acceptors (Lipinski definition) is 5. The molecule has 0 bridgehead atoms. The molecule has 0 fully saturated rings. The molecule has 0 spiro atoms. The first-order valence-electron chi connectivity index (χ1n) is 6.95. The van der Waals surface area contributed by atoms with Crippen LogP contribution in [-0.4, -0.2) is 17.5 Å². The predicted molar refractivity (Wildman–Crippen MR) is 92.7 cm³/mol. The molecular weight excluding hydrogens is 276 g/mol. The molecule has 0 amide bonds. The van der Waals surface area contributed by atoms with Crippen LogP contribution >= 0.6 is 0 Å². The molecular formula is C17H20N4O. The molecule has 1 unspecified atom stereocenters. The summed E-state index contributed by atoms with van der Waals surface area (Å²) >= 11 is 0. The van der Waals surface area contributed by atoms with Crippen LogP contribution < -0.4 is 16.8 Å². The van der Waals surface area contributed by atoms with Crippen LogP contribution in [0.1, 0.15) is 12.5 Å². The monoisotopic (exact) mass is 296 g/mol. The summed E-state index contributed by atoms with van der Waals surface area (Å²) in [7, 11) is 0. The molecule has 2 aromatic carbocycles. The molecule has 0 heterocycles. The summed E-state index contributed by atoms with van der Waals surface area (Å²) in [5.74, 6) is 0.215. The highest BCUT2D eigenvalue weighted by Gasteiger charge is 1.99. The molecule has 1 atom stereocenters. The number of aromatic hydroxyl groups is 1. The van der Waals surface area contributed by atoms with E-state index < -0.39 is 0 Å². The van der Waals surface area contributed by atoms with Crippen LogP contribution in [0.15, 0.2) is 59.6 Å². The predicted octanol–water partition coefficient (Wildman–Crippen LogP) is 2.80. The number of anilines is 2. The molecule has 114 valence electrons. The Balaban J connectivity index is 1.97. The van der Waals surface area contributed by atoms with E-state index in [9.17, 15) is 5.11 Å². The van der Waals surface area contributed by atoms with Crippen molar-refractivity contribution in [2.45, 2.75) is 13.1 Å². The fourth-order valence-electron chi connectivity index (χ4n) is 1.94. The number of aliphatic imine (C=N–C) groups is 1. The van der Waals surface area contributed by atoms with Gasteiger partial charge in [0.1, 0.15) is 11.9 Å². The molecule has 0 aromatic heterocycles. The minimum Gasteiger partial charge on any atom is -0.508 e. The second kappa shape index (κ2) is 7.17. The lowest BCUT2D eigenvalue weighted by atomic mass is 10.1. The zero-order chi connectivity index (χ0) is 15.9. The smallest absolute Gasteiger partial charge is 0.117 e. The molecule has 0 aliphatic rings. The van der Waals surface area contributed by atoms with Crippen LogP contribution in [0, 0.1) is 0 Å². The van der Waals surface area contributed by atoms with Crippen molar-refractivity contribution in [2.75, 3.05) is 11.1 Å². The van der Waals surface area contributed by atoms with E-state index >= 15 is 0 Å². The van der Waals surface area contributed by atoms with E-state index in [4.69, 9.17) is 11.5 Å². The van der Waals surface area contributed by atoms with Gasteiger partial charge in [0.25, 0.3) is 0 Å². The first kappa shape index (κ1) is 15.4. The van der Waals surface area contributed by atoms with Gasteiger partial charge in [0.15, 0.2) is 0 Å². The van der Waals surface area contributed by atoms with Crippen LogP contribution in [0.4, 0.5) is 11.4 Å². The van der Waals surface area contributed by atoms with E-state index in [2.05, 4.69) is 10.3 Å². The molecule has 0 aliphatic heterocycles. The molecule has 2 aromatic rings. The average molecular weight is 296 g/mol. The number of allylic oxidation sites excluding steroid dienone is 1. The lowest BCUT2D eigenvalue weighted by Gasteiger charge is -2.10. The van der Waals surface area contributed by atoms with E-state index in [1.54, 1.807) is 30.5 Å². The zero-order valence-electron chi connectivity index (χ0n) is 12.4. The number of nitrogens with two attached hydrogens (primary N) is 2. The second-order valence-electron chi connectivity index (χ2n) is 4.92. The summed E-state index contributed by atoms with van der Waals surface area (Å²) in [5.41, 5.74) is 14.6. The van der Waals surface area contributed by atoms with Crippen molar-refractivity contribution in [3.8, 4) is 5.75 Å². The van der Waals surface area contributed by atoms with Crippen molar-refractivity contribution in [2.24, 2.45) is 10.7 Å². The number of hydrogen-bond donors (Lipinski definition) is 4. The lowest BCUT2D eigenvalue weighted by Crippen LogP contribution is -2.12. The maximum absolute atomic E-state index is 9.41. The molecule has 0 radical (unpaired) electrons. The highest BCUT2D eigenvalue weighted by molar-refractivity contribution is 5.84. The highest BCUT2D eigenvalue weighted by atomic mass is 16.3. The van der Waals surface area contributed by atoms with E-state index in [0.717, 1.165) is 11.3 Å². The third-order valence-corrected chi connectivity index (χ3v) is 3.01. The van der Waals surface area contributed by atoms with Crippen LogP contribution in [0.3, 0.4) is 0 Å². The van der Waals surface area contributed by atoms with Gasteiger partial charge in [-0.3, -0.25) is 4.99 Å². The standard InChI is InChI=1S/C17H20N4O/c1-12(21-15-6-3-7-16(22)11-15)20-9-8-17(19)13-4-2-5-14(18)10-13/h2-12,21-22H,18-19H2,1H3/b17-8-,20-9?. The van der Waals surface area contributed by atoms with Gasteiger partial charge in [-0.25, -0.2) is 0 Å². The Hall–Kier alpha value is -2.95. The van der Waals surface area contributed by atoms with Crippen molar-refractivity contribution in [3.63, 3.8) is 0 Å². The second-order valence-corrected chi connectivity index (χ2v) is 4.92. The van der Waals surface area contributed by atoms with Crippen molar-refractivity contribution in [1.29, 1.82) is 0 Å². The molecule has 2 rings (SSSR count). The molecule has 5 nitrogen and oxygen atoms in total. The third-order valence-electron chi connectivity index (χ3n) is 3.01. The number of nitrogens with zero attached hydrogens (tertiary/aromatic N) is 1. The summed E-state index contributed by atoms with van der Waals surface area (Å²) in [4.78, 5) is 4.33. The summed E-state index contributed by atoms with van der Waals surface area (Å²) < 4.78 is 0. The van der Waals surface area contributed by atoms with E-state index in [1.165, 1.54) is 0 Å². The van der Waals surface area contributed by atoms with Gasteiger partial charge >= 0.3 is 0 Å². The van der Waals surface area contributed by atoms with Gasteiger partial charge in [-0.15, -0.1) is 0 Å². The van der Waals surface area contributed by atoms with Crippen LogP contribution in [0.2, 0.25) is 0 Å². The van der Waals surface area contributed by atoms with Crippen molar-refractivity contribution >= 4 is 23.3 Å². The van der Waals surface area contributed by atoms with Gasteiger partial charge in [0.05, 0.1) is 0 Å². The summed E-state index contributed by atoms with van der Waals surface area (Å²) in [5, 5.41) is 12.6. The Morgan fingerprint density at radius 2 is 2.00 bits per heavy atom. The lowest BCUT2D eigenvalue weighted by molar-refractivity contribution is 0.475. The normalized spacial score (nSPS) is 13.2. The Morgan fingerprint density at radius 3 is 2.73 bits per heavy atom. The first-order valence-corrected chi connectivity index (χ1v) is 6.95. The SMILES string of the molecule is CC(N=C/C=C(\N)c1cccc(N)c1)Nc1cccc(O)c1. The first-order chi connectivity index (χ1) is 10.5. The summed E-state index contributed by atoms with van der Waals surface area (Å²) in [6.07, 6.45) is 3.24. The molecule has 5 heteroatoms. The minimum atomic E-state index is -0.147. The summed E-state index contributed by atoms with van der Waals surface area (Å²) in [6, 6.07) is 14.3. The van der Waals surface area contributed by atoms with Gasteiger partial charge in [0, 0.05) is 29.4 Å². The molecule has 0 aliphatic carbocycles. The zero-order valence-corrected chi connectivity index (χ0v) is 12.4. The van der Waals surface area contributed by atoms with Gasteiger partial charge in [-0.2, -0.15) is 0 Å². The van der Waals surface area contributed by atoms with Crippen LogP contribution in [0.5, 0.6) is 5.75 Å². The van der Waals surface area contributed by atoms with Gasteiger partial charge in [-0.05, 0) is 42.8 Å². The quantitative estimate of drug-likeness (QED) is 0.504. The van der Waals surface area contributed by atoms with Gasteiger partial charge < -0.3 is 21.9 Å². The van der Waals surface area contributed by atoms with E-state index in [-0.39, 0.29) is 11.9 Å². The number of benzene rings is 2. The number of nitrogen functional groups attached to an aromatic ring is 1. The van der Waals surface area contributed by atoms with Crippen molar-refractivity contribution in [1.82, 2.24) is 0 Å². The van der Waals surface area contributed by atoms with Gasteiger partial charge in [0.2, 0.25) is 0 Å². The largest absolute Gasteiger partial charge is 0.508 e. The Bertz CT molecular complexity index is 695. The number of phenolic OH excluding ortho intramolecular Hbond substituents is 1. The fraction of sp³-hybridized carbons (Fsp3) is 0.118. The Morgan fingerprint density at radius 1 is 1.23 bits per heavy atom. The molecule has 0 saturated heterocycles. The maximum atomic E-state index is 9.41. The number of phenols is 1. The Kier molecular flexibility index (Phi) is 5.03. The minimum absolute atomic E-state index is 0.147. The van der Waals surface area contributed by atoms with Crippen molar-refractivity contribution in [3.05, 3.63) is 60.2 Å². The van der Waals surface area contributed by atoms with Gasteiger partial charge in [-0.1, -0.05) is 18.2 Å². The highest BCUT2D eigenvalue weighted by Crippen LogP contribution is 2.16. The van der Waals surface area contributed by atoms with E-state index in [0.29, 0.717) is 11.4 Å². The third kappa shape index (κ3) is 4.56. The molecule has 22 heavy (non-hydrogen) atoms. The van der Waals surface area contributed by atoms with Crippen LogP contribution in [-0.2, 0) is 0 Å². The average Bonchev–Trinajstić information content (AvgIpc) is 2.47. The number of nitrogens with one attached hydrogen (secondary N) is 1. The molecule has 6 N–H and O–H groups in total. The van der Waals surface area contributed by atoms with Crippen molar-refractivity contribution < 1.29 is 5.11 Å². The topological polar surface area (TPSA) is 96.7 Å². The molecule has 0 saturated carbocycles. The Labute approximate surface area is 130 Å². The fourth-order valence-corrected chi connectivity index (χ4v) is 1.94. The maximum Gasteiger partial charge on any atom is 0.117 e. The van der Waals surface area contributed by atoms with Crippen LogP contribution in [0.25, 0.3) is 5.70 Å². The van der Waals surface area contributed by atoms with E-state index in [1.807, 2.05) is 37.3 Å².